The molecule has 2 aliphatic rings. The second kappa shape index (κ2) is 15.2. The molecule has 4 heterocycles. The summed E-state index contributed by atoms with van der Waals surface area (Å²) in [4.78, 5) is 2.34. The number of fused-ring (bicyclic) bond motifs is 11. The fraction of sp³-hybridized carbons (Fsp3) is 0.250. The molecule has 0 atom stereocenters. The highest BCUT2D eigenvalue weighted by Gasteiger charge is 2.43. The standard InChI is InChI=1S/C64H61BN2O3/c1-61(2,3)38-20-26-42(27-21-38)66(43-28-22-39(23-29-43)62(4,5)6)44-30-31-48-55(36-44)68-53-18-15-19-54-58(53)65(48)59-56(69-54)37-51(57-45-16-13-14-17-52(45)70-60(57)59)67-49-32-24-40(63(7,8)9)34-46(49)47-35-41(64(10,11)12)25-33-50(47)67/h13-37H,1-12H3. The van der Waals surface area contributed by atoms with E-state index in [9.17, 15) is 0 Å². The number of aromatic nitrogens is 1. The van der Waals surface area contributed by atoms with Gasteiger partial charge in [0.25, 0.3) is 6.71 Å². The van der Waals surface area contributed by atoms with Gasteiger partial charge in [-0.1, -0.05) is 150 Å². The molecule has 0 aliphatic carbocycles. The Hall–Kier alpha value is -7.18. The van der Waals surface area contributed by atoms with Crippen molar-refractivity contribution in [3.8, 4) is 28.7 Å². The van der Waals surface area contributed by atoms with Crippen molar-refractivity contribution in [1.82, 2.24) is 4.57 Å². The second-order valence-electron chi connectivity index (χ2n) is 23.9. The maximum absolute atomic E-state index is 7.17. The maximum atomic E-state index is 7.17. The lowest BCUT2D eigenvalue weighted by Crippen LogP contribution is -2.57. The van der Waals surface area contributed by atoms with Crippen LogP contribution in [0.1, 0.15) is 105 Å². The third kappa shape index (κ3) is 6.96. The minimum absolute atomic E-state index is 0.0152. The van der Waals surface area contributed by atoms with E-state index in [1.54, 1.807) is 0 Å². The highest BCUT2D eigenvalue weighted by molar-refractivity contribution is 6.99. The molecule has 0 saturated heterocycles. The van der Waals surface area contributed by atoms with Gasteiger partial charge in [-0.3, -0.25) is 0 Å². The molecule has 0 spiro atoms. The van der Waals surface area contributed by atoms with Crippen LogP contribution in [-0.2, 0) is 21.7 Å². The molecule has 0 saturated carbocycles. The van der Waals surface area contributed by atoms with Crippen LogP contribution < -0.4 is 30.8 Å². The van der Waals surface area contributed by atoms with Gasteiger partial charge in [0, 0.05) is 56.3 Å². The average molecular weight is 917 g/mol. The number of furan rings is 1. The van der Waals surface area contributed by atoms with Gasteiger partial charge in [-0.15, -0.1) is 0 Å². The zero-order valence-corrected chi connectivity index (χ0v) is 42.6. The van der Waals surface area contributed by atoms with Crippen molar-refractivity contribution in [2.75, 3.05) is 4.90 Å². The lowest BCUT2D eigenvalue weighted by Gasteiger charge is -2.34. The van der Waals surface area contributed by atoms with Gasteiger partial charge in [-0.05, 0) is 122 Å². The molecule has 8 aromatic carbocycles. The van der Waals surface area contributed by atoms with E-state index >= 15 is 0 Å². The maximum Gasteiger partial charge on any atom is 0.265 e. The molecule has 348 valence electrons. The molecule has 6 heteroatoms. The number of anilines is 3. The number of hydrogen-bond acceptors (Lipinski definition) is 4. The molecule has 0 radical (unpaired) electrons. The van der Waals surface area contributed by atoms with Crippen molar-refractivity contribution in [1.29, 1.82) is 0 Å². The first kappa shape index (κ1) is 44.1. The van der Waals surface area contributed by atoms with E-state index in [0.29, 0.717) is 0 Å². The largest absolute Gasteiger partial charge is 0.458 e. The summed E-state index contributed by atoms with van der Waals surface area (Å²) in [6.07, 6.45) is 0. The van der Waals surface area contributed by atoms with Crippen molar-refractivity contribution in [2.45, 2.75) is 105 Å². The van der Waals surface area contributed by atoms with Gasteiger partial charge in [-0.2, -0.15) is 0 Å². The molecular formula is C64H61BN2O3. The summed E-state index contributed by atoms with van der Waals surface area (Å²) in [5.41, 5.74) is 16.5. The lowest BCUT2D eigenvalue weighted by atomic mass is 9.34. The molecule has 0 unspecified atom stereocenters. The fourth-order valence-electron chi connectivity index (χ4n) is 11.0. The van der Waals surface area contributed by atoms with Crippen molar-refractivity contribution in [2.24, 2.45) is 0 Å². The van der Waals surface area contributed by atoms with Crippen molar-refractivity contribution < 1.29 is 13.9 Å². The Kier molecular flexibility index (Phi) is 9.54. The second-order valence-corrected chi connectivity index (χ2v) is 23.9. The number of nitrogens with zero attached hydrogens (tertiary/aromatic N) is 2. The Morgan fingerprint density at radius 3 is 1.46 bits per heavy atom. The Labute approximate surface area is 412 Å². The summed E-state index contributed by atoms with van der Waals surface area (Å²) < 4.78 is 23.7. The van der Waals surface area contributed by atoms with Crippen molar-refractivity contribution in [3.05, 3.63) is 174 Å². The van der Waals surface area contributed by atoms with Crippen LogP contribution in [0.2, 0.25) is 0 Å². The van der Waals surface area contributed by atoms with Crippen LogP contribution in [0.25, 0.3) is 49.4 Å². The lowest BCUT2D eigenvalue weighted by molar-refractivity contribution is 0.464. The van der Waals surface area contributed by atoms with E-state index in [1.807, 2.05) is 6.07 Å². The molecule has 5 nitrogen and oxygen atoms in total. The predicted octanol–water partition coefficient (Wildman–Crippen LogP) is 16.1. The number of rotatable bonds is 4. The summed E-state index contributed by atoms with van der Waals surface area (Å²) in [6.45, 7) is 27.1. The molecule has 70 heavy (non-hydrogen) atoms. The Morgan fingerprint density at radius 1 is 0.414 bits per heavy atom. The number of benzene rings is 8. The Balaban J connectivity index is 1.08. The van der Waals surface area contributed by atoms with Crippen LogP contribution in [0.3, 0.4) is 0 Å². The van der Waals surface area contributed by atoms with Gasteiger partial charge in [0.15, 0.2) is 0 Å². The number of hydrogen-bond donors (Lipinski definition) is 0. The van der Waals surface area contributed by atoms with Crippen molar-refractivity contribution >= 4 is 83.9 Å². The first-order valence-electron chi connectivity index (χ1n) is 24.9. The van der Waals surface area contributed by atoms with Gasteiger partial charge in [0.2, 0.25) is 0 Å². The summed E-state index contributed by atoms with van der Waals surface area (Å²) >= 11 is 0. The minimum atomic E-state index is -0.225. The molecule has 12 rings (SSSR count). The van der Waals surface area contributed by atoms with E-state index in [2.05, 4.69) is 238 Å². The third-order valence-corrected chi connectivity index (χ3v) is 15.0. The van der Waals surface area contributed by atoms with Crippen LogP contribution in [0.4, 0.5) is 17.1 Å². The van der Waals surface area contributed by atoms with Gasteiger partial charge in [-0.25, -0.2) is 0 Å². The molecule has 0 N–H and O–H groups in total. The molecule has 0 amide bonds. The zero-order chi connectivity index (χ0) is 48.8. The number of para-hydroxylation sites is 1. The molecule has 0 bridgehead atoms. The summed E-state index contributed by atoms with van der Waals surface area (Å²) in [5.74, 6) is 3.16. The normalized spacial score (nSPS) is 13.6. The summed E-state index contributed by atoms with van der Waals surface area (Å²) in [5, 5.41) is 4.60. The molecular weight excluding hydrogens is 856 g/mol. The van der Waals surface area contributed by atoms with Crippen molar-refractivity contribution in [3.63, 3.8) is 0 Å². The first-order chi connectivity index (χ1) is 33.2. The third-order valence-electron chi connectivity index (χ3n) is 15.0. The van der Waals surface area contributed by atoms with E-state index in [4.69, 9.17) is 13.9 Å². The fourth-order valence-corrected chi connectivity index (χ4v) is 11.0. The molecule has 2 aliphatic heterocycles. The van der Waals surface area contributed by atoms with E-state index in [0.717, 1.165) is 95.1 Å². The average Bonchev–Trinajstić information content (AvgIpc) is 3.86. The molecule has 0 fully saturated rings. The summed E-state index contributed by atoms with van der Waals surface area (Å²) in [7, 11) is 0. The van der Waals surface area contributed by atoms with Crippen LogP contribution in [0.5, 0.6) is 23.0 Å². The van der Waals surface area contributed by atoms with Gasteiger partial charge in [0.05, 0.1) is 22.1 Å². The smallest absolute Gasteiger partial charge is 0.265 e. The van der Waals surface area contributed by atoms with Gasteiger partial charge < -0.3 is 23.4 Å². The van der Waals surface area contributed by atoms with Crippen LogP contribution in [-0.4, -0.2) is 11.3 Å². The minimum Gasteiger partial charge on any atom is -0.458 e. The van der Waals surface area contributed by atoms with E-state index in [-0.39, 0.29) is 28.4 Å². The van der Waals surface area contributed by atoms with Crippen LogP contribution >= 0.6 is 0 Å². The Bertz CT molecular complexity index is 3620. The van der Waals surface area contributed by atoms with Crippen LogP contribution in [0, 0.1) is 0 Å². The van der Waals surface area contributed by atoms with Gasteiger partial charge in [0.1, 0.15) is 34.2 Å². The summed E-state index contributed by atoms with van der Waals surface area (Å²) in [6, 6.07) is 55.7. The molecule has 2 aromatic heterocycles. The topological polar surface area (TPSA) is 39.8 Å². The SMILES string of the molecule is CC(C)(C)c1ccc(N(c2ccc(C(C)(C)C)cc2)c2ccc3c(c2)Oc2cccc4c2B3c2c(cc(-n3c5ccc(C(C)(C)C)cc5c5cc(C(C)(C)C)ccc53)c3c2oc2ccccc23)O4)cc1. The van der Waals surface area contributed by atoms with Gasteiger partial charge >= 0.3 is 0 Å². The monoisotopic (exact) mass is 916 g/mol. The van der Waals surface area contributed by atoms with E-state index < -0.39 is 0 Å². The Morgan fingerprint density at radius 2 is 0.914 bits per heavy atom. The van der Waals surface area contributed by atoms with Crippen LogP contribution in [0.15, 0.2) is 156 Å². The first-order valence-corrected chi connectivity index (χ1v) is 24.9. The zero-order valence-electron chi connectivity index (χ0n) is 42.6. The quantitative estimate of drug-likeness (QED) is 0.165. The van der Waals surface area contributed by atoms with E-state index in [1.165, 1.54) is 33.0 Å². The highest BCUT2D eigenvalue weighted by atomic mass is 16.5. The number of ether oxygens (including phenoxy) is 2. The predicted molar refractivity (Wildman–Crippen MR) is 295 cm³/mol. The highest BCUT2D eigenvalue weighted by Crippen LogP contribution is 2.46. The molecule has 10 aromatic rings.